The monoisotopic (exact) mass is 289 g/mol. The summed E-state index contributed by atoms with van der Waals surface area (Å²) < 4.78 is 0. The number of fused-ring (bicyclic) bond motifs is 5. The second-order valence-electron chi connectivity index (χ2n) is 8.94. The van der Waals surface area contributed by atoms with Gasteiger partial charge in [0.15, 0.2) is 0 Å². The molecule has 2 heteroatoms. The molecule has 0 aromatic carbocycles. The second kappa shape index (κ2) is 4.73. The van der Waals surface area contributed by atoms with E-state index in [0.717, 1.165) is 35.8 Å². The zero-order chi connectivity index (χ0) is 14.7. The van der Waals surface area contributed by atoms with Gasteiger partial charge in [-0.15, -0.1) is 0 Å². The third-order valence-electron chi connectivity index (χ3n) is 8.44. The molecule has 0 amide bonds. The van der Waals surface area contributed by atoms with Crippen molar-refractivity contribution in [3.63, 3.8) is 0 Å². The summed E-state index contributed by atoms with van der Waals surface area (Å²) in [5, 5.41) is 13.1. The summed E-state index contributed by atoms with van der Waals surface area (Å²) in [6.45, 7) is 5.03. The first-order valence-corrected chi connectivity index (χ1v) is 9.31. The first-order chi connectivity index (χ1) is 10.1. The zero-order valence-corrected chi connectivity index (χ0v) is 13.8. The molecule has 118 valence electrons. The highest BCUT2D eigenvalue weighted by molar-refractivity contribution is 5.91. The molecule has 0 heterocycles. The van der Waals surface area contributed by atoms with Gasteiger partial charge in [0.25, 0.3) is 0 Å². The fraction of sp³-hybridized carbons (Fsp3) is 0.947. The number of oxime groups is 1. The lowest BCUT2D eigenvalue weighted by Crippen LogP contribution is -2.52. The van der Waals surface area contributed by atoms with E-state index in [4.69, 9.17) is 0 Å². The molecule has 0 unspecified atom stereocenters. The van der Waals surface area contributed by atoms with Crippen LogP contribution in [0.3, 0.4) is 0 Å². The van der Waals surface area contributed by atoms with E-state index in [9.17, 15) is 5.21 Å². The van der Waals surface area contributed by atoms with Crippen molar-refractivity contribution >= 4 is 5.71 Å². The summed E-state index contributed by atoms with van der Waals surface area (Å²) in [6.07, 6.45) is 13.8. The standard InChI is InChI=1S/C19H31NO/c1-18-11-4-3-5-13(18)6-7-14-15-8-9-17(20-21)19(15,2)12-10-16(14)18/h13-16,21H,3-12H2,1-2H3/b20-17-/t13-,14+,15+,16+,18-,19+/m0/s1. The van der Waals surface area contributed by atoms with Crippen molar-refractivity contribution in [2.45, 2.75) is 78.1 Å². The Morgan fingerprint density at radius 3 is 2.62 bits per heavy atom. The van der Waals surface area contributed by atoms with Gasteiger partial charge in [0.1, 0.15) is 0 Å². The van der Waals surface area contributed by atoms with Gasteiger partial charge in [-0.25, -0.2) is 0 Å². The molecule has 21 heavy (non-hydrogen) atoms. The first kappa shape index (κ1) is 14.1. The summed E-state index contributed by atoms with van der Waals surface area (Å²) in [5.74, 6) is 3.65. The summed E-state index contributed by atoms with van der Waals surface area (Å²) in [6, 6.07) is 0. The highest BCUT2D eigenvalue weighted by Crippen LogP contribution is 2.65. The van der Waals surface area contributed by atoms with E-state index in [1.54, 1.807) is 0 Å². The van der Waals surface area contributed by atoms with E-state index >= 15 is 0 Å². The first-order valence-electron chi connectivity index (χ1n) is 9.31. The Morgan fingerprint density at radius 1 is 0.952 bits per heavy atom. The van der Waals surface area contributed by atoms with Crippen molar-refractivity contribution in [1.82, 2.24) is 0 Å². The van der Waals surface area contributed by atoms with Gasteiger partial charge in [-0.1, -0.05) is 31.8 Å². The van der Waals surface area contributed by atoms with Crippen molar-refractivity contribution in [3.8, 4) is 0 Å². The highest BCUT2D eigenvalue weighted by Gasteiger charge is 2.59. The number of hydrogen-bond acceptors (Lipinski definition) is 2. The molecule has 0 saturated heterocycles. The average molecular weight is 289 g/mol. The van der Waals surface area contributed by atoms with Crippen molar-refractivity contribution in [1.29, 1.82) is 0 Å². The van der Waals surface area contributed by atoms with Gasteiger partial charge in [-0.3, -0.25) is 0 Å². The van der Waals surface area contributed by atoms with Gasteiger partial charge in [0.2, 0.25) is 0 Å². The summed E-state index contributed by atoms with van der Waals surface area (Å²) in [5.41, 5.74) is 1.96. The quantitative estimate of drug-likeness (QED) is 0.479. The van der Waals surface area contributed by atoms with E-state index in [2.05, 4.69) is 19.0 Å². The van der Waals surface area contributed by atoms with Crippen molar-refractivity contribution < 1.29 is 5.21 Å². The molecule has 0 aliphatic heterocycles. The lowest BCUT2D eigenvalue weighted by atomic mass is 9.45. The Balaban J connectivity index is 1.66. The Kier molecular flexibility index (Phi) is 3.17. The molecule has 4 rings (SSSR count). The highest BCUT2D eigenvalue weighted by atomic mass is 16.4. The Labute approximate surface area is 129 Å². The largest absolute Gasteiger partial charge is 0.411 e. The van der Waals surface area contributed by atoms with Crippen LogP contribution in [0.4, 0.5) is 0 Å². The smallest absolute Gasteiger partial charge is 0.0632 e. The fourth-order valence-corrected chi connectivity index (χ4v) is 7.25. The van der Waals surface area contributed by atoms with Crippen LogP contribution in [0.15, 0.2) is 5.16 Å². The zero-order valence-electron chi connectivity index (χ0n) is 13.8. The van der Waals surface area contributed by atoms with E-state index in [1.807, 2.05) is 0 Å². The van der Waals surface area contributed by atoms with E-state index in [0.29, 0.717) is 5.41 Å². The number of nitrogens with zero attached hydrogens (tertiary/aromatic N) is 1. The fourth-order valence-electron chi connectivity index (χ4n) is 7.25. The van der Waals surface area contributed by atoms with E-state index < -0.39 is 0 Å². The van der Waals surface area contributed by atoms with Gasteiger partial charge in [-0.2, -0.15) is 0 Å². The second-order valence-corrected chi connectivity index (χ2v) is 8.94. The molecule has 4 aliphatic carbocycles. The normalized spacial score (nSPS) is 54.9. The van der Waals surface area contributed by atoms with Crippen LogP contribution in [-0.2, 0) is 0 Å². The van der Waals surface area contributed by atoms with Gasteiger partial charge < -0.3 is 5.21 Å². The van der Waals surface area contributed by atoms with Crippen molar-refractivity contribution in [2.75, 3.05) is 0 Å². The topological polar surface area (TPSA) is 32.6 Å². The van der Waals surface area contributed by atoms with Crippen LogP contribution < -0.4 is 0 Å². The lowest BCUT2D eigenvalue weighted by molar-refractivity contribution is -0.0938. The van der Waals surface area contributed by atoms with Gasteiger partial charge >= 0.3 is 0 Å². The van der Waals surface area contributed by atoms with E-state index in [-0.39, 0.29) is 5.41 Å². The average Bonchev–Trinajstić information content (AvgIpc) is 2.83. The van der Waals surface area contributed by atoms with Crippen LogP contribution >= 0.6 is 0 Å². The summed E-state index contributed by atoms with van der Waals surface area (Å²) >= 11 is 0. The molecule has 0 radical (unpaired) electrons. The molecule has 6 atom stereocenters. The third kappa shape index (κ3) is 1.80. The minimum atomic E-state index is 0.216. The van der Waals surface area contributed by atoms with Crippen molar-refractivity contribution in [2.24, 2.45) is 39.7 Å². The number of rotatable bonds is 0. The summed E-state index contributed by atoms with van der Waals surface area (Å²) in [4.78, 5) is 0. The lowest BCUT2D eigenvalue weighted by Gasteiger charge is -2.59. The van der Waals surface area contributed by atoms with Crippen LogP contribution in [0.25, 0.3) is 0 Å². The minimum Gasteiger partial charge on any atom is -0.411 e. The van der Waals surface area contributed by atoms with Gasteiger partial charge in [-0.05, 0) is 80.5 Å². The predicted molar refractivity (Wildman–Crippen MR) is 85.6 cm³/mol. The summed E-state index contributed by atoms with van der Waals surface area (Å²) in [7, 11) is 0. The minimum absolute atomic E-state index is 0.216. The molecule has 1 N–H and O–H groups in total. The molecule has 0 spiro atoms. The van der Waals surface area contributed by atoms with Crippen LogP contribution in [-0.4, -0.2) is 10.9 Å². The van der Waals surface area contributed by atoms with Crippen molar-refractivity contribution in [3.05, 3.63) is 0 Å². The van der Waals surface area contributed by atoms with Crippen LogP contribution in [0.1, 0.15) is 78.1 Å². The molecular formula is C19H31NO. The molecule has 4 fully saturated rings. The van der Waals surface area contributed by atoms with E-state index in [1.165, 1.54) is 57.8 Å². The molecule has 0 bridgehead atoms. The van der Waals surface area contributed by atoms with Crippen LogP contribution in [0.2, 0.25) is 0 Å². The molecule has 0 aromatic rings. The van der Waals surface area contributed by atoms with Gasteiger partial charge in [0, 0.05) is 5.41 Å². The molecule has 2 nitrogen and oxygen atoms in total. The Bertz CT molecular complexity index is 458. The molecule has 0 aromatic heterocycles. The van der Waals surface area contributed by atoms with Crippen LogP contribution in [0, 0.1) is 34.5 Å². The molecular weight excluding hydrogens is 258 g/mol. The predicted octanol–water partition coefficient (Wildman–Crippen LogP) is 5.25. The number of hydrogen-bond donors (Lipinski definition) is 1. The van der Waals surface area contributed by atoms with Crippen LogP contribution in [0.5, 0.6) is 0 Å². The maximum absolute atomic E-state index is 9.39. The SMILES string of the molecule is C[C@]12CCCC[C@H]1CC[C@H]1[C@H]2CC[C@@]2(C)/C(=N\O)CC[C@H]12. The van der Waals surface area contributed by atoms with Gasteiger partial charge in [0.05, 0.1) is 5.71 Å². The molecule has 4 aliphatic rings. The molecule has 4 saturated carbocycles. The Morgan fingerprint density at radius 2 is 1.81 bits per heavy atom. The maximum Gasteiger partial charge on any atom is 0.0632 e. The maximum atomic E-state index is 9.39. The Hall–Kier alpha value is -0.530. The third-order valence-corrected chi connectivity index (χ3v) is 8.44.